The zero-order valence-electron chi connectivity index (χ0n) is 22.5. The quantitative estimate of drug-likeness (QED) is 0.212. The number of hydrogen-bond donors (Lipinski definition) is 1. The fraction of sp³-hybridized carbons (Fsp3) is 0.188. The van der Waals surface area contributed by atoms with Crippen LogP contribution >= 0.6 is 0 Å². The molecule has 8 heteroatoms. The van der Waals surface area contributed by atoms with Crippen molar-refractivity contribution in [2.24, 2.45) is 0 Å². The molecule has 1 amide bonds. The van der Waals surface area contributed by atoms with Crippen LogP contribution in [0.4, 0.5) is 11.4 Å². The lowest BCUT2D eigenvalue weighted by molar-refractivity contribution is -0.120. The Morgan fingerprint density at radius 2 is 1.18 bits per heavy atom. The zero-order chi connectivity index (χ0) is 28.2. The van der Waals surface area contributed by atoms with Gasteiger partial charge in [0.1, 0.15) is 0 Å². The summed E-state index contributed by atoms with van der Waals surface area (Å²) in [5.74, 6) is 1.70. The summed E-state index contributed by atoms with van der Waals surface area (Å²) < 4.78 is 22.1. The van der Waals surface area contributed by atoms with Crippen LogP contribution in [0.25, 0.3) is 0 Å². The van der Waals surface area contributed by atoms with Crippen LogP contribution in [0.2, 0.25) is 0 Å². The molecule has 0 fully saturated rings. The molecule has 0 aliphatic heterocycles. The number of carbonyl (C=O) groups excluding carboxylic acids is 2. The molecule has 4 aromatic carbocycles. The summed E-state index contributed by atoms with van der Waals surface area (Å²) in [6, 6.07) is 31.0. The van der Waals surface area contributed by atoms with Crippen molar-refractivity contribution >= 4 is 23.1 Å². The number of benzene rings is 4. The molecule has 0 unspecified atom stereocenters. The smallest absolute Gasteiger partial charge is 0.264 e. The van der Waals surface area contributed by atoms with Crippen molar-refractivity contribution in [2.75, 3.05) is 50.7 Å². The number of Topliss-reactive ketones (excluding diaryl/α,β-unsaturated/α-hetero) is 1. The van der Waals surface area contributed by atoms with Gasteiger partial charge in [0.2, 0.25) is 5.78 Å². The number of methoxy groups -OCH3 is 2. The van der Waals surface area contributed by atoms with Crippen molar-refractivity contribution in [3.05, 3.63) is 109 Å². The fourth-order valence-electron chi connectivity index (χ4n) is 4.10. The fourth-order valence-corrected chi connectivity index (χ4v) is 4.10. The van der Waals surface area contributed by atoms with Crippen LogP contribution in [0.5, 0.6) is 23.0 Å². The number of nitrogens with zero attached hydrogens (tertiary/aromatic N) is 1. The van der Waals surface area contributed by atoms with E-state index >= 15 is 0 Å². The molecule has 0 aromatic heterocycles. The van der Waals surface area contributed by atoms with Gasteiger partial charge in [-0.3, -0.25) is 9.59 Å². The Bertz CT molecular complexity index is 1410. The molecule has 206 valence electrons. The van der Waals surface area contributed by atoms with E-state index in [1.165, 1.54) is 0 Å². The molecular formula is C32H32N2O6. The van der Waals surface area contributed by atoms with E-state index in [1.807, 2.05) is 66.7 Å². The molecule has 0 saturated heterocycles. The molecule has 0 radical (unpaired) electrons. The predicted molar refractivity (Wildman–Crippen MR) is 155 cm³/mol. The van der Waals surface area contributed by atoms with E-state index in [9.17, 15) is 9.59 Å². The molecule has 0 atom stereocenters. The molecule has 0 aliphatic rings. The van der Waals surface area contributed by atoms with Gasteiger partial charge in [0.15, 0.2) is 36.2 Å². The maximum atomic E-state index is 13.3. The molecule has 0 bridgehead atoms. The highest BCUT2D eigenvalue weighted by atomic mass is 16.5. The number of amides is 1. The Morgan fingerprint density at radius 1 is 0.650 bits per heavy atom. The maximum absolute atomic E-state index is 13.3. The third kappa shape index (κ3) is 7.32. The number of nitrogens with one attached hydrogen (secondary N) is 1. The zero-order valence-corrected chi connectivity index (χ0v) is 22.5. The predicted octanol–water partition coefficient (Wildman–Crippen LogP) is 5.49. The topological polar surface area (TPSA) is 86.3 Å². The van der Waals surface area contributed by atoms with Crippen LogP contribution in [0, 0.1) is 0 Å². The van der Waals surface area contributed by atoms with E-state index in [2.05, 4.69) is 5.32 Å². The average Bonchev–Trinajstić information content (AvgIpc) is 3.01. The van der Waals surface area contributed by atoms with E-state index in [0.29, 0.717) is 47.3 Å². The number of anilines is 2. The van der Waals surface area contributed by atoms with Crippen LogP contribution < -0.4 is 29.2 Å². The van der Waals surface area contributed by atoms with Gasteiger partial charge in [-0.15, -0.1) is 0 Å². The first-order chi connectivity index (χ1) is 19.6. The van der Waals surface area contributed by atoms with Crippen molar-refractivity contribution in [2.45, 2.75) is 0 Å². The van der Waals surface area contributed by atoms with Crippen LogP contribution in [0.1, 0.15) is 10.4 Å². The molecule has 8 nitrogen and oxygen atoms in total. The molecule has 0 saturated carbocycles. The summed E-state index contributed by atoms with van der Waals surface area (Å²) in [7, 11) is 3.11. The minimum atomic E-state index is -0.214. The van der Waals surface area contributed by atoms with Gasteiger partial charge in [-0.05, 0) is 48.5 Å². The van der Waals surface area contributed by atoms with Gasteiger partial charge in [-0.25, -0.2) is 0 Å². The largest absolute Gasteiger partial charge is 0.493 e. The molecule has 4 rings (SSSR count). The Labute approximate surface area is 234 Å². The summed E-state index contributed by atoms with van der Waals surface area (Å²) in [5.41, 5.74) is 1.89. The SMILES string of the molecule is COc1ccccc1OCC(=O)c1ccccc1NCCN(C(=O)COc1ccccc1OC)c1ccccc1. The van der Waals surface area contributed by atoms with Crippen LogP contribution in [-0.4, -0.2) is 52.2 Å². The minimum Gasteiger partial charge on any atom is -0.493 e. The molecule has 0 heterocycles. The number of hydrogen-bond acceptors (Lipinski definition) is 7. The lowest BCUT2D eigenvalue weighted by Gasteiger charge is -2.24. The molecule has 4 aromatic rings. The molecule has 0 aliphatic carbocycles. The Balaban J connectivity index is 1.40. The lowest BCUT2D eigenvalue weighted by Crippen LogP contribution is -2.38. The summed E-state index contributed by atoms with van der Waals surface area (Å²) >= 11 is 0. The first kappa shape index (κ1) is 28.0. The van der Waals surface area contributed by atoms with Gasteiger partial charge in [0.05, 0.1) is 14.2 Å². The highest BCUT2D eigenvalue weighted by Crippen LogP contribution is 2.27. The maximum Gasteiger partial charge on any atom is 0.264 e. The Kier molecular flexibility index (Phi) is 9.99. The minimum absolute atomic E-state index is 0.145. The van der Waals surface area contributed by atoms with E-state index in [-0.39, 0.29) is 24.9 Å². The third-order valence-electron chi connectivity index (χ3n) is 6.10. The van der Waals surface area contributed by atoms with Gasteiger partial charge in [0, 0.05) is 30.0 Å². The van der Waals surface area contributed by atoms with Crippen molar-refractivity contribution in [1.29, 1.82) is 0 Å². The summed E-state index contributed by atoms with van der Waals surface area (Å²) in [6.07, 6.45) is 0. The van der Waals surface area contributed by atoms with Gasteiger partial charge in [0.25, 0.3) is 5.91 Å². The lowest BCUT2D eigenvalue weighted by atomic mass is 10.1. The number of carbonyl (C=O) groups is 2. The van der Waals surface area contributed by atoms with Gasteiger partial charge < -0.3 is 29.2 Å². The molecule has 0 spiro atoms. The van der Waals surface area contributed by atoms with Crippen molar-refractivity contribution in [3.8, 4) is 23.0 Å². The van der Waals surface area contributed by atoms with Crippen LogP contribution in [0.3, 0.4) is 0 Å². The Morgan fingerprint density at radius 3 is 1.80 bits per heavy atom. The average molecular weight is 541 g/mol. The standard InChI is InChI=1S/C32H32N2O6/c1-37-28-16-8-10-18-30(28)39-22-27(35)25-14-6-7-15-26(25)33-20-21-34(24-12-4-3-5-13-24)32(36)23-40-31-19-11-9-17-29(31)38-2/h3-19,33H,20-23H2,1-2H3. The second kappa shape index (κ2) is 14.2. The van der Waals surface area contributed by atoms with Gasteiger partial charge in [-0.1, -0.05) is 54.6 Å². The van der Waals surface area contributed by atoms with E-state index in [4.69, 9.17) is 18.9 Å². The summed E-state index contributed by atoms with van der Waals surface area (Å²) in [4.78, 5) is 27.9. The number of para-hydroxylation sites is 6. The Hall–Kier alpha value is -4.98. The first-order valence-corrected chi connectivity index (χ1v) is 12.8. The second-order valence-electron chi connectivity index (χ2n) is 8.66. The normalized spacial score (nSPS) is 10.3. The summed E-state index contributed by atoms with van der Waals surface area (Å²) in [5, 5.41) is 3.31. The molecule has 40 heavy (non-hydrogen) atoms. The number of ketones is 1. The number of ether oxygens (including phenoxy) is 4. The highest BCUT2D eigenvalue weighted by molar-refractivity contribution is 6.02. The van der Waals surface area contributed by atoms with Crippen molar-refractivity contribution in [3.63, 3.8) is 0 Å². The second-order valence-corrected chi connectivity index (χ2v) is 8.66. The molecule has 1 N–H and O–H groups in total. The van der Waals surface area contributed by atoms with E-state index in [1.54, 1.807) is 55.5 Å². The monoisotopic (exact) mass is 540 g/mol. The number of rotatable bonds is 14. The molecular weight excluding hydrogens is 508 g/mol. The van der Waals surface area contributed by atoms with Gasteiger partial charge in [-0.2, -0.15) is 0 Å². The van der Waals surface area contributed by atoms with Crippen LogP contribution in [-0.2, 0) is 4.79 Å². The van der Waals surface area contributed by atoms with Gasteiger partial charge >= 0.3 is 0 Å². The first-order valence-electron chi connectivity index (χ1n) is 12.8. The third-order valence-corrected chi connectivity index (χ3v) is 6.10. The van der Waals surface area contributed by atoms with Crippen molar-refractivity contribution < 1.29 is 28.5 Å². The van der Waals surface area contributed by atoms with E-state index in [0.717, 1.165) is 5.69 Å². The van der Waals surface area contributed by atoms with Crippen molar-refractivity contribution in [1.82, 2.24) is 0 Å². The summed E-state index contributed by atoms with van der Waals surface area (Å²) in [6.45, 7) is 0.434. The van der Waals surface area contributed by atoms with Crippen LogP contribution in [0.15, 0.2) is 103 Å². The van der Waals surface area contributed by atoms with E-state index < -0.39 is 0 Å². The highest BCUT2D eigenvalue weighted by Gasteiger charge is 2.18.